The lowest BCUT2D eigenvalue weighted by Crippen LogP contribution is -2.21. The molecule has 0 saturated heterocycles. The van der Waals surface area contributed by atoms with Crippen molar-refractivity contribution in [3.63, 3.8) is 0 Å². The Balaban J connectivity index is 1.61. The number of aryl methyl sites for hydroxylation is 1. The maximum atomic E-state index is 13.3. The first-order valence-corrected chi connectivity index (χ1v) is 10.8. The lowest BCUT2D eigenvalue weighted by Gasteiger charge is -2.13. The molecule has 30 heavy (non-hydrogen) atoms. The summed E-state index contributed by atoms with van der Waals surface area (Å²) < 4.78 is 3.64. The van der Waals surface area contributed by atoms with E-state index in [1.54, 1.807) is 22.8 Å². The summed E-state index contributed by atoms with van der Waals surface area (Å²) in [5, 5.41) is 1.75. The van der Waals surface area contributed by atoms with Gasteiger partial charge in [0, 0.05) is 23.2 Å². The van der Waals surface area contributed by atoms with Crippen LogP contribution in [0, 0.1) is 6.92 Å². The third-order valence-electron chi connectivity index (χ3n) is 4.89. The maximum Gasteiger partial charge on any atom is 0.266 e. The molecule has 0 N–H and O–H groups in total. The number of rotatable bonds is 4. The highest BCUT2D eigenvalue weighted by Gasteiger charge is 2.14. The van der Waals surface area contributed by atoms with E-state index in [9.17, 15) is 4.79 Å². The smallest absolute Gasteiger partial charge is 0.266 e. The number of fused-ring (bicyclic) bond motifs is 2. The molecular formula is C23H17ClN4OS. The van der Waals surface area contributed by atoms with Crippen LogP contribution in [0.3, 0.4) is 0 Å². The van der Waals surface area contributed by atoms with Crippen molar-refractivity contribution in [2.45, 2.75) is 17.8 Å². The van der Waals surface area contributed by atoms with Crippen molar-refractivity contribution >= 4 is 39.9 Å². The predicted octanol–water partition coefficient (Wildman–Crippen LogP) is 5.29. The Labute approximate surface area is 182 Å². The first kappa shape index (κ1) is 18.9. The molecule has 3 aromatic heterocycles. The van der Waals surface area contributed by atoms with Crippen molar-refractivity contribution in [1.82, 2.24) is 18.9 Å². The number of hydrogen-bond donors (Lipinski definition) is 0. The molecule has 5 nitrogen and oxygen atoms in total. The molecule has 0 aliphatic rings. The number of nitrogens with zero attached hydrogens (tertiary/aromatic N) is 4. The Morgan fingerprint density at radius 1 is 1.03 bits per heavy atom. The summed E-state index contributed by atoms with van der Waals surface area (Å²) in [4.78, 5) is 22.8. The van der Waals surface area contributed by atoms with Crippen LogP contribution in [0.15, 0.2) is 83.0 Å². The Morgan fingerprint density at radius 2 is 1.90 bits per heavy atom. The largest absolute Gasteiger partial charge is 0.307 e. The van der Waals surface area contributed by atoms with Crippen LogP contribution in [-0.4, -0.2) is 18.9 Å². The Hall–Kier alpha value is -3.09. The molecule has 0 radical (unpaired) electrons. The molecule has 0 amide bonds. The predicted molar refractivity (Wildman–Crippen MR) is 122 cm³/mol. The van der Waals surface area contributed by atoms with Gasteiger partial charge in [0.25, 0.3) is 5.56 Å². The fourth-order valence-electron chi connectivity index (χ4n) is 3.46. The Bertz CT molecular complexity index is 1460. The highest BCUT2D eigenvalue weighted by molar-refractivity contribution is 7.98. The first-order chi connectivity index (χ1) is 14.6. The average molecular weight is 433 g/mol. The lowest BCUT2D eigenvalue weighted by molar-refractivity contribution is 0.819. The molecule has 0 bridgehead atoms. The minimum Gasteiger partial charge on any atom is -0.307 e. The van der Waals surface area contributed by atoms with Gasteiger partial charge in [0.05, 0.1) is 22.3 Å². The highest BCUT2D eigenvalue weighted by atomic mass is 35.5. The van der Waals surface area contributed by atoms with Gasteiger partial charge in [-0.2, -0.15) is 0 Å². The summed E-state index contributed by atoms with van der Waals surface area (Å²) in [6.07, 6.45) is 4.00. The fraction of sp³-hybridized carbons (Fsp3) is 0.0870. The molecule has 0 fully saturated rings. The van der Waals surface area contributed by atoms with Crippen LogP contribution in [0.4, 0.5) is 0 Å². The van der Waals surface area contributed by atoms with Crippen molar-refractivity contribution in [1.29, 1.82) is 0 Å². The number of aromatic nitrogens is 4. The molecule has 2 aromatic carbocycles. The molecule has 0 aliphatic heterocycles. The van der Waals surface area contributed by atoms with Crippen LogP contribution in [0.2, 0.25) is 5.02 Å². The molecule has 0 spiro atoms. The van der Waals surface area contributed by atoms with E-state index >= 15 is 0 Å². The van der Waals surface area contributed by atoms with E-state index in [0.29, 0.717) is 32.5 Å². The summed E-state index contributed by atoms with van der Waals surface area (Å²) in [5.74, 6) is 0.590. The van der Waals surface area contributed by atoms with Crippen molar-refractivity contribution < 1.29 is 0 Å². The van der Waals surface area contributed by atoms with Gasteiger partial charge in [-0.25, -0.2) is 9.97 Å². The van der Waals surface area contributed by atoms with E-state index in [-0.39, 0.29) is 5.56 Å². The minimum atomic E-state index is -0.115. The van der Waals surface area contributed by atoms with Gasteiger partial charge in [0.15, 0.2) is 5.16 Å². The van der Waals surface area contributed by atoms with E-state index < -0.39 is 0 Å². The summed E-state index contributed by atoms with van der Waals surface area (Å²) in [6, 6.07) is 18.7. The topological polar surface area (TPSA) is 52.2 Å². The van der Waals surface area contributed by atoms with Gasteiger partial charge < -0.3 is 4.40 Å². The minimum absolute atomic E-state index is 0.115. The normalized spacial score (nSPS) is 11.4. The molecule has 148 valence electrons. The van der Waals surface area contributed by atoms with E-state index in [1.165, 1.54) is 11.8 Å². The molecule has 0 saturated carbocycles. The van der Waals surface area contributed by atoms with E-state index in [0.717, 1.165) is 16.9 Å². The third-order valence-corrected chi connectivity index (χ3v) is 6.10. The summed E-state index contributed by atoms with van der Waals surface area (Å²) in [6.45, 7) is 2.04. The van der Waals surface area contributed by atoms with Gasteiger partial charge >= 0.3 is 0 Å². The molecule has 5 rings (SSSR count). The average Bonchev–Trinajstić information content (AvgIpc) is 3.17. The number of benzene rings is 2. The number of para-hydroxylation sites is 1. The van der Waals surface area contributed by atoms with Crippen molar-refractivity contribution in [3.8, 4) is 5.69 Å². The van der Waals surface area contributed by atoms with Gasteiger partial charge in [-0.1, -0.05) is 47.6 Å². The second-order valence-electron chi connectivity index (χ2n) is 6.97. The number of hydrogen-bond acceptors (Lipinski definition) is 4. The van der Waals surface area contributed by atoms with Gasteiger partial charge in [-0.3, -0.25) is 9.36 Å². The SMILES string of the molecule is Cc1cccn2cc(CSc3nc4ccccc4c(=O)n3-c3cccc(Cl)c3)nc12. The van der Waals surface area contributed by atoms with Gasteiger partial charge in [-0.05, 0) is 48.9 Å². The van der Waals surface area contributed by atoms with E-state index in [1.807, 2.05) is 66.2 Å². The molecule has 3 heterocycles. The standard InChI is InChI=1S/C23H17ClN4OS/c1-15-6-5-11-27-13-17(25-21(15)27)14-30-23-26-20-10-3-2-9-19(20)22(29)28(23)18-8-4-7-16(24)12-18/h2-13H,14H2,1H3. The van der Waals surface area contributed by atoms with Gasteiger partial charge in [0.1, 0.15) is 5.65 Å². The summed E-state index contributed by atoms with van der Waals surface area (Å²) in [5.41, 5.74) is 4.24. The number of halogens is 1. The molecule has 5 aromatic rings. The van der Waals surface area contributed by atoms with E-state index in [2.05, 4.69) is 0 Å². The van der Waals surface area contributed by atoms with Crippen LogP contribution in [0.1, 0.15) is 11.3 Å². The van der Waals surface area contributed by atoms with E-state index in [4.69, 9.17) is 21.6 Å². The molecule has 0 unspecified atom stereocenters. The lowest BCUT2D eigenvalue weighted by atomic mass is 10.2. The Morgan fingerprint density at radius 3 is 2.73 bits per heavy atom. The van der Waals surface area contributed by atoms with Crippen molar-refractivity contribution in [3.05, 3.63) is 99.7 Å². The summed E-state index contributed by atoms with van der Waals surface area (Å²) in [7, 11) is 0. The van der Waals surface area contributed by atoms with Crippen LogP contribution in [0.5, 0.6) is 0 Å². The second-order valence-corrected chi connectivity index (χ2v) is 8.35. The van der Waals surface area contributed by atoms with Crippen molar-refractivity contribution in [2.75, 3.05) is 0 Å². The molecule has 7 heteroatoms. The maximum absolute atomic E-state index is 13.3. The Kier molecular flexibility index (Phi) is 4.81. The quantitative estimate of drug-likeness (QED) is 0.286. The van der Waals surface area contributed by atoms with Gasteiger partial charge in [-0.15, -0.1) is 0 Å². The monoisotopic (exact) mass is 432 g/mol. The van der Waals surface area contributed by atoms with Crippen LogP contribution >= 0.6 is 23.4 Å². The highest BCUT2D eigenvalue weighted by Crippen LogP contribution is 2.26. The van der Waals surface area contributed by atoms with Crippen molar-refractivity contribution in [2.24, 2.45) is 0 Å². The van der Waals surface area contributed by atoms with Gasteiger partial charge in [0.2, 0.25) is 0 Å². The molecular weight excluding hydrogens is 416 g/mol. The van der Waals surface area contributed by atoms with Crippen LogP contribution in [-0.2, 0) is 5.75 Å². The first-order valence-electron chi connectivity index (χ1n) is 9.44. The number of imidazole rings is 1. The molecule has 0 atom stereocenters. The van der Waals surface area contributed by atoms with Crippen LogP contribution < -0.4 is 5.56 Å². The zero-order valence-corrected chi connectivity index (χ0v) is 17.7. The third kappa shape index (κ3) is 3.38. The fourth-order valence-corrected chi connectivity index (χ4v) is 4.55. The number of pyridine rings is 1. The van der Waals surface area contributed by atoms with Crippen LogP contribution in [0.25, 0.3) is 22.2 Å². The second kappa shape index (κ2) is 7.63. The molecule has 0 aliphatic carbocycles. The zero-order valence-electron chi connectivity index (χ0n) is 16.1. The zero-order chi connectivity index (χ0) is 20.7. The number of thioether (sulfide) groups is 1. The summed E-state index contributed by atoms with van der Waals surface area (Å²) >= 11 is 7.68.